The van der Waals surface area contributed by atoms with E-state index >= 15 is 0 Å². The topological polar surface area (TPSA) is 69.6 Å². The van der Waals surface area contributed by atoms with Crippen LogP contribution in [0.15, 0.2) is 18.2 Å². The largest absolute Gasteiger partial charge is 0.478 e. The number of carbonyl (C=O) groups is 2. The van der Waals surface area contributed by atoms with Crippen LogP contribution in [0.2, 0.25) is 0 Å². The van der Waals surface area contributed by atoms with Gasteiger partial charge in [-0.2, -0.15) is 0 Å². The van der Waals surface area contributed by atoms with Crippen molar-refractivity contribution in [3.63, 3.8) is 0 Å². The molecule has 1 aromatic rings. The van der Waals surface area contributed by atoms with Gasteiger partial charge in [-0.15, -0.1) is 0 Å². The number of urea groups is 1. The van der Waals surface area contributed by atoms with Gasteiger partial charge in [0.25, 0.3) is 0 Å². The maximum atomic E-state index is 13.3. The number of hydrogen-bond donors (Lipinski definition) is 2. The summed E-state index contributed by atoms with van der Waals surface area (Å²) in [6.07, 6.45) is 2.04. The Bertz CT molecular complexity index is 562. The summed E-state index contributed by atoms with van der Waals surface area (Å²) in [5.74, 6) is -1.75. The highest BCUT2D eigenvalue weighted by molar-refractivity contribution is 5.93. The standard InChI is InChI=1S/C15H19FN2O3/c1-9-4-3-7-18(10(9)2)15(21)17-11-5-6-13(16)12(8-11)14(19)20/h5-6,8-10H,3-4,7H2,1-2H3,(H,17,21)(H,19,20). The monoisotopic (exact) mass is 294 g/mol. The molecule has 2 amide bonds. The Morgan fingerprint density at radius 1 is 1.38 bits per heavy atom. The van der Waals surface area contributed by atoms with E-state index in [0.29, 0.717) is 12.5 Å². The van der Waals surface area contributed by atoms with Gasteiger partial charge in [-0.05, 0) is 43.9 Å². The van der Waals surface area contributed by atoms with Crippen molar-refractivity contribution in [1.82, 2.24) is 4.90 Å². The van der Waals surface area contributed by atoms with E-state index in [0.717, 1.165) is 25.0 Å². The van der Waals surface area contributed by atoms with E-state index in [-0.39, 0.29) is 17.8 Å². The lowest BCUT2D eigenvalue weighted by molar-refractivity contribution is 0.0692. The van der Waals surface area contributed by atoms with Crippen molar-refractivity contribution in [2.45, 2.75) is 32.7 Å². The fourth-order valence-corrected chi connectivity index (χ4v) is 2.58. The van der Waals surface area contributed by atoms with E-state index in [4.69, 9.17) is 5.11 Å². The average Bonchev–Trinajstić information content (AvgIpc) is 2.43. The van der Waals surface area contributed by atoms with Gasteiger partial charge in [-0.3, -0.25) is 0 Å². The lowest BCUT2D eigenvalue weighted by Crippen LogP contribution is -2.47. The van der Waals surface area contributed by atoms with Crippen molar-refractivity contribution in [3.8, 4) is 0 Å². The molecule has 2 N–H and O–H groups in total. The van der Waals surface area contributed by atoms with Crippen LogP contribution >= 0.6 is 0 Å². The third kappa shape index (κ3) is 3.32. The summed E-state index contributed by atoms with van der Waals surface area (Å²) < 4.78 is 13.3. The number of benzene rings is 1. The molecule has 1 aromatic carbocycles. The van der Waals surface area contributed by atoms with Crippen LogP contribution in [0, 0.1) is 11.7 Å². The van der Waals surface area contributed by atoms with E-state index < -0.39 is 17.3 Å². The zero-order valence-electron chi connectivity index (χ0n) is 12.1. The van der Waals surface area contributed by atoms with Crippen LogP contribution in [-0.2, 0) is 0 Å². The second-order valence-electron chi connectivity index (χ2n) is 5.48. The maximum Gasteiger partial charge on any atom is 0.338 e. The molecule has 0 spiro atoms. The first-order chi connectivity index (χ1) is 9.90. The molecule has 2 rings (SSSR count). The first-order valence-electron chi connectivity index (χ1n) is 7.00. The Kier molecular flexibility index (Phi) is 4.45. The van der Waals surface area contributed by atoms with Gasteiger partial charge in [0, 0.05) is 18.3 Å². The molecule has 1 fully saturated rings. The molecule has 1 aliphatic heterocycles. The molecule has 0 aliphatic carbocycles. The molecule has 2 atom stereocenters. The second kappa shape index (κ2) is 6.11. The number of halogens is 1. The van der Waals surface area contributed by atoms with Gasteiger partial charge in [0.1, 0.15) is 5.82 Å². The van der Waals surface area contributed by atoms with E-state index in [9.17, 15) is 14.0 Å². The second-order valence-corrected chi connectivity index (χ2v) is 5.48. The first kappa shape index (κ1) is 15.3. The van der Waals surface area contributed by atoms with Crippen molar-refractivity contribution >= 4 is 17.7 Å². The van der Waals surface area contributed by atoms with Crippen LogP contribution in [0.25, 0.3) is 0 Å². The molecule has 0 bridgehead atoms. The number of aromatic carboxylic acids is 1. The zero-order valence-corrected chi connectivity index (χ0v) is 12.1. The van der Waals surface area contributed by atoms with Crippen LogP contribution in [-0.4, -0.2) is 34.6 Å². The van der Waals surface area contributed by atoms with Gasteiger partial charge < -0.3 is 15.3 Å². The minimum absolute atomic E-state index is 0.123. The molecule has 5 nitrogen and oxygen atoms in total. The molecule has 0 aromatic heterocycles. The number of carboxylic acids is 1. The lowest BCUT2D eigenvalue weighted by atomic mass is 9.92. The maximum absolute atomic E-state index is 13.3. The van der Waals surface area contributed by atoms with Gasteiger partial charge >= 0.3 is 12.0 Å². The Morgan fingerprint density at radius 3 is 2.76 bits per heavy atom. The fourth-order valence-electron chi connectivity index (χ4n) is 2.58. The van der Waals surface area contributed by atoms with Gasteiger partial charge in [0.15, 0.2) is 0 Å². The molecule has 114 valence electrons. The normalized spacial score (nSPS) is 22.0. The average molecular weight is 294 g/mol. The molecular formula is C15H19FN2O3. The van der Waals surface area contributed by atoms with Crippen LogP contribution in [0.1, 0.15) is 37.0 Å². The summed E-state index contributed by atoms with van der Waals surface area (Å²) in [6.45, 7) is 4.77. The number of nitrogens with one attached hydrogen (secondary N) is 1. The third-order valence-corrected chi connectivity index (χ3v) is 4.08. The highest BCUT2D eigenvalue weighted by Crippen LogP contribution is 2.24. The number of nitrogens with zero attached hydrogens (tertiary/aromatic N) is 1. The Hall–Kier alpha value is -2.11. The summed E-state index contributed by atoms with van der Waals surface area (Å²) >= 11 is 0. The molecule has 1 aliphatic rings. The van der Waals surface area contributed by atoms with Crippen molar-refractivity contribution in [3.05, 3.63) is 29.6 Å². The number of amides is 2. The number of likely N-dealkylation sites (tertiary alicyclic amines) is 1. The molecule has 1 saturated heterocycles. The quantitative estimate of drug-likeness (QED) is 0.880. The number of carbonyl (C=O) groups excluding carboxylic acids is 1. The predicted octanol–water partition coefficient (Wildman–Crippen LogP) is 3.18. The number of anilines is 1. The number of hydrogen-bond acceptors (Lipinski definition) is 2. The summed E-state index contributed by atoms with van der Waals surface area (Å²) in [7, 11) is 0. The van der Waals surface area contributed by atoms with Crippen molar-refractivity contribution in [1.29, 1.82) is 0 Å². The van der Waals surface area contributed by atoms with Gasteiger partial charge in [0.2, 0.25) is 0 Å². The van der Waals surface area contributed by atoms with Crippen LogP contribution in [0.5, 0.6) is 0 Å². The summed E-state index contributed by atoms with van der Waals surface area (Å²) in [5.41, 5.74) is -0.169. The Labute approximate surface area is 122 Å². The fraction of sp³-hybridized carbons (Fsp3) is 0.467. The summed E-state index contributed by atoms with van der Waals surface area (Å²) in [4.78, 5) is 24.9. The SMILES string of the molecule is CC1CCCN(C(=O)Nc2ccc(F)c(C(=O)O)c2)C1C. The molecule has 6 heteroatoms. The number of piperidine rings is 1. The number of carboxylic acid groups (broad SMARTS) is 1. The summed E-state index contributed by atoms with van der Waals surface area (Å²) in [6, 6.07) is 3.38. The predicted molar refractivity (Wildman–Crippen MR) is 76.9 cm³/mol. The van der Waals surface area contributed by atoms with Gasteiger partial charge in [-0.1, -0.05) is 6.92 Å². The van der Waals surface area contributed by atoms with E-state index in [1.54, 1.807) is 4.90 Å². The van der Waals surface area contributed by atoms with Crippen LogP contribution in [0.4, 0.5) is 14.9 Å². The van der Waals surface area contributed by atoms with Crippen molar-refractivity contribution < 1.29 is 19.1 Å². The third-order valence-electron chi connectivity index (χ3n) is 4.08. The number of rotatable bonds is 2. The van der Waals surface area contributed by atoms with Gasteiger partial charge in [-0.25, -0.2) is 14.0 Å². The van der Waals surface area contributed by atoms with E-state index in [2.05, 4.69) is 12.2 Å². The van der Waals surface area contributed by atoms with Crippen LogP contribution < -0.4 is 5.32 Å². The van der Waals surface area contributed by atoms with Crippen molar-refractivity contribution in [2.75, 3.05) is 11.9 Å². The lowest BCUT2D eigenvalue weighted by Gasteiger charge is -2.37. The van der Waals surface area contributed by atoms with Crippen LogP contribution in [0.3, 0.4) is 0 Å². The smallest absolute Gasteiger partial charge is 0.338 e. The van der Waals surface area contributed by atoms with Gasteiger partial charge in [0.05, 0.1) is 5.56 Å². The molecule has 21 heavy (non-hydrogen) atoms. The molecule has 1 heterocycles. The highest BCUT2D eigenvalue weighted by Gasteiger charge is 2.28. The highest BCUT2D eigenvalue weighted by atomic mass is 19.1. The summed E-state index contributed by atoms with van der Waals surface area (Å²) in [5, 5.41) is 11.5. The minimum atomic E-state index is -1.36. The Morgan fingerprint density at radius 2 is 2.10 bits per heavy atom. The molecular weight excluding hydrogens is 275 g/mol. The first-order valence-corrected chi connectivity index (χ1v) is 7.00. The molecule has 0 radical (unpaired) electrons. The minimum Gasteiger partial charge on any atom is -0.478 e. The van der Waals surface area contributed by atoms with Crippen molar-refractivity contribution in [2.24, 2.45) is 5.92 Å². The Balaban J connectivity index is 2.12. The molecule has 0 saturated carbocycles. The zero-order chi connectivity index (χ0) is 15.6. The molecule has 2 unspecified atom stereocenters. The van der Waals surface area contributed by atoms with E-state index in [1.807, 2.05) is 6.92 Å². The van der Waals surface area contributed by atoms with E-state index in [1.165, 1.54) is 6.07 Å².